The van der Waals surface area contributed by atoms with Crippen LogP contribution in [0.3, 0.4) is 0 Å². The van der Waals surface area contributed by atoms with Crippen LogP contribution in [0.5, 0.6) is 0 Å². The smallest absolute Gasteiger partial charge is 0.337 e. The molecule has 33 heavy (non-hydrogen) atoms. The Morgan fingerprint density at radius 1 is 1.15 bits per heavy atom. The van der Waals surface area contributed by atoms with Gasteiger partial charge < -0.3 is 15.7 Å². The zero-order valence-electron chi connectivity index (χ0n) is 18.0. The standard InChI is InChI=1S/C25H21N5O3/c1-15-10-20(16(2)27-21-9-4-3-8-19(21)25(32)33)24-29-22(12-23(31)30(24)14-15)28-18-7-5-6-17(11-18)13-26/h3-12,14,16,27-28H,1-2H3,(H,32,33). The summed E-state index contributed by atoms with van der Waals surface area (Å²) in [5.41, 5.74) is 3.55. The predicted octanol–water partition coefficient (Wildman–Crippen LogP) is 4.49. The first-order valence-electron chi connectivity index (χ1n) is 10.3. The summed E-state index contributed by atoms with van der Waals surface area (Å²) in [5.74, 6) is -0.682. The van der Waals surface area contributed by atoms with Crippen LogP contribution in [0.25, 0.3) is 5.65 Å². The zero-order valence-corrected chi connectivity index (χ0v) is 18.0. The van der Waals surface area contributed by atoms with Gasteiger partial charge in [-0.3, -0.25) is 9.20 Å². The fourth-order valence-electron chi connectivity index (χ4n) is 3.67. The molecule has 0 spiro atoms. The minimum absolute atomic E-state index is 0.158. The molecule has 2 heterocycles. The van der Waals surface area contributed by atoms with Crippen molar-refractivity contribution in [2.75, 3.05) is 10.6 Å². The number of anilines is 3. The van der Waals surface area contributed by atoms with E-state index in [1.165, 1.54) is 16.5 Å². The first-order valence-corrected chi connectivity index (χ1v) is 10.3. The lowest BCUT2D eigenvalue weighted by atomic mass is 10.1. The number of carboxylic acid groups (broad SMARTS) is 1. The van der Waals surface area contributed by atoms with Gasteiger partial charge in [0.25, 0.3) is 5.56 Å². The molecule has 0 aliphatic carbocycles. The molecule has 8 nitrogen and oxygen atoms in total. The average molecular weight is 439 g/mol. The molecule has 0 bridgehead atoms. The number of para-hydroxylation sites is 1. The number of nitrogens with zero attached hydrogens (tertiary/aromatic N) is 3. The molecule has 4 rings (SSSR count). The van der Waals surface area contributed by atoms with Crippen LogP contribution in [0.15, 0.2) is 71.7 Å². The number of hydrogen-bond acceptors (Lipinski definition) is 6. The van der Waals surface area contributed by atoms with E-state index in [0.29, 0.717) is 28.4 Å². The van der Waals surface area contributed by atoms with Gasteiger partial charge in [0, 0.05) is 29.2 Å². The highest BCUT2D eigenvalue weighted by atomic mass is 16.4. The van der Waals surface area contributed by atoms with Crippen LogP contribution >= 0.6 is 0 Å². The summed E-state index contributed by atoms with van der Waals surface area (Å²) in [6, 6.07) is 18.6. The van der Waals surface area contributed by atoms with Gasteiger partial charge in [0.1, 0.15) is 11.5 Å². The van der Waals surface area contributed by atoms with Crippen LogP contribution in [0, 0.1) is 18.3 Å². The maximum Gasteiger partial charge on any atom is 0.337 e. The van der Waals surface area contributed by atoms with Gasteiger partial charge in [-0.1, -0.05) is 18.2 Å². The quantitative estimate of drug-likeness (QED) is 0.405. The molecule has 2 aromatic carbocycles. The Labute approximate surface area is 189 Å². The Morgan fingerprint density at radius 3 is 2.70 bits per heavy atom. The van der Waals surface area contributed by atoms with Gasteiger partial charge in [-0.25, -0.2) is 9.78 Å². The normalized spacial score (nSPS) is 11.5. The molecule has 2 aromatic heterocycles. The number of fused-ring (bicyclic) bond motifs is 1. The lowest BCUT2D eigenvalue weighted by Gasteiger charge is -2.20. The predicted molar refractivity (Wildman–Crippen MR) is 126 cm³/mol. The largest absolute Gasteiger partial charge is 0.478 e. The summed E-state index contributed by atoms with van der Waals surface area (Å²) in [5, 5.41) is 24.9. The van der Waals surface area contributed by atoms with E-state index in [0.717, 1.165) is 11.1 Å². The van der Waals surface area contributed by atoms with E-state index in [4.69, 9.17) is 5.26 Å². The van der Waals surface area contributed by atoms with Gasteiger partial charge >= 0.3 is 5.97 Å². The third-order valence-corrected chi connectivity index (χ3v) is 5.19. The molecule has 164 valence electrons. The van der Waals surface area contributed by atoms with Crippen LogP contribution in [-0.4, -0.2) is 20.5 Å². The van der Waals surface area contributed by atoms with Crippen molar-refractivity contribution >= 4 is 28.8 Å². The fourth-order valence-corrected chi connectivity index (χ4v) is 3.67. The Hall–Kier alpha value is -4.64. The second-order valence-corrected chi connectivity index (χ2v) is 7.68. The third-order valence-electron chi connectivity index (χ3n) is 5.19. The topological polar surface area (TPSA) is 120 Å². The van der Waals surface area contributed by atoms with Crippen molar-refractivity contribution in [3.8, 4) is 6.07 Å². The SMILES string of the molecule is Cc1cc(C(C)Nc2ccccc2C(=O)O)c2nc(Nc3cccc(C#N)c3)cc(=O)n2c1. The number of nitrogens with one attached hydrogen (secondary N) is 2. The summed E-state index contributed by atoms with van der Waals surface area (Å²) in [6.07, 6.45) is 1.71. The molecule has 0 aliphatic heterocycles. The maximum atomic E-state index is 12.9. The van der Waals surface area contributed by atoms with E-state index in [1.807, 2.05) is 19.9 Å². The number of hydrogen-bond donors (Lipinski definition) is 3. The van der Waals surface area contributed by atoms with Crippen LogP contribution in [-0.2, 0) is 0 Å². The van der Waals surface area contributed by atoms with Crippen LogP contribution < -0.4 is 16.2 Å². The molecule has 0 saturated heterocycles. The van der Waals surface area contributed by atoms with E-state index in [1.54, 1.807) is 48.7 Å². The van der Waals surface area contributed by atoms with Crippen molar-refractivity contribution < 1.29 is 9.90 Å². The molecule has 1 atom stereocenters. The van der Waals surface area contributed by atoms with Crippen molar-refractivity contribution in [3.05, 3.63) is 99.5 Å². The van der Waals surface area contributed by atoms with Gasteiger partial charge in [-0.05, 0) is 55.8 Å². The first kappa shape index (κ1) is 21.6. The average Bonchev–Trinajstić information content (AvgIpc) is 2.79. The van der Waals surface area contributed by atoms with Crippen LogP contribution in [0.2, 0.25) is 0 Å². The van der Waals surface area contributed by atoms with E-state index in [2.05, 4.69) is 21.7 Å². The lowest BCUT2D eigenvalue weighted by Crippen LogP contribution is -2.19. The summed E-state index contributed by atoms with van der Waals surface area (Å²) in [7, 11) is 0. The zero-order chi connectivity index (χ0) is 23.5. The summed E-state index contributed by atoms with van der Waals surface area (Å²) < 4.78 is 1.48. The summed E-state index contributed by atoms with van der Waals surface area (Å²) in [4.78, 5) is 29.1. The Morgan fingerprint density at radius 2 is 1.94 bits per heavy atom. The molecule has 4 aromatic rings. The highest BCUT2D eigenvalue weighted by molar-refractivity contribution is 5.94. The van der Waals surface area contributed by atoms with Crippen molar-refractivity contribution in [2.45, 2.75) is 19.9 Å². The fraction of sp³-hybridized carbons (Fsp3) is 0.120. The number of aromatic carboxylic acids is 1. The number of aryl methyl sites for hydroxylation is 1. The van der Waals surface area contributed by atoms with Crippen molar-refractivity contribution in [1.29, 1.82) is 5.26 Å². The van der Waals surface area contributed by atoms with E-state index in [9.17, 15) is 14.7 Å². The Bertz CT molecular complexity index is 1470. The lowest BCUT2D eigenvalue weighted by molar-refractivity contribution is 0.0698. The minimum Gasteiger partial charge on any atom is -0.478 e. The molecule has 3 N–H and O–H groups in total. The first-order chi connectivity index (χ1) is 15.9. The second kappa shape index (κ2) is 8.85. The van der Waals surface area contributed by atoms with E-state index in [-0.39, 0.29) is 17.2 Å². The second-order valence-electron chi connectivity index (χ2n) is 7.68. The number of carboxylic acids is 1. The van der Waals surface area contributed by atoms with Gasteiger partial charge in [-0.15, -0.1) is 0 Å². The monoisotopic (exact) mass is 439 g/mol. The number of benzene rings is 2. The number of pyridine rings is 1. The highest BCUT2D eigenvalue weighted by Crippen LogP contribution is 2.26. The molecule has 0 saturated carbocycles. The van der Waals surface area contributed by atoms with Crippen LogP contribution in [0.1, 0.15) is 40.0 Å². The van der Waals surface area contributed by atoms with Gasteiger partial charge in [-0.2, -0.15) is 5.26 Å². The van der Waals surface area contributed by atoms with Crippen molar-refractivity contribution in [2.24, 2.45) is 0 Å². The molecule has 0 radical (unpaired) electrons. The van der Waals surface area contributed by atoms with Gasteiger partial charge in [0.2, 0.25) is 0 Å². The minimum atomic E-state index is -1.03. The number of rotatable bonds is 6. The Kier molecular flexibility index (Phi) is 5.79. The van der Waals surface area contributed by atoms with Gasteiger partial charge in [0.05, 0.1) is 23.2 Å². The van der Waals surface area contributed by atoms with E-state index >= 15 is 0 Å². The number of nitriles is 1. The number of carbonyl (C=O) groups is 1. The van der Waals surface area contributed by atoms with Crippen molar-refractivity contribution in [3.63, 3.8) is 0 Å². The third kappa shape index (κ3) is 4.52. The van der Waals surface area contributed by atoms with Crippen molar-refractivity contribution in [1.82, 2.24) is 9.38 Å². The molecule has 1 unspecified atom stereocenters. The van der Waals surface area contributed by atoms with Crippen LogP contribution in [0.4, 0.5) is 17.2 Å². The number of aromatic nitrogens is 2. The maximum absolute atomic E-state index is 12.9. The molecule has 0 fully saturated rings. The van der Waals surface area contributed by atoms with Gasteiger partial charge in [0.15, 0.2) is 0 Å². The molecule has 8 heteroatoms. The molecule has 0 amide bonds. The molecular weight excluding hydrogens is 418 g/mol. The molecular formula is C25H21N5O3. The van der Waals surface area contributed by atoms with E-state index < -0.39 is 5.97 Å². The summed E-state index contributed by atoms with van der Waals surface area (Å²) >= 11 is 0. The summed E-state index contributed by atoms with van der Waals surface area (Å²) in [6.45, 7) is 3.77. The highest BCUT2D eigenvalue weighted by Gasteiger charge is 2.17. The molecule has 0 aliphatic rings. The Balaban J connectivity index is 1.77.